The summed E-state index contributed by atoms with van der Waals surface area (Å²) in [5, 5.41) is 4.24. The second kappa shape index (κ2) is 3.95. The van der Waals surface area contributed by atoms with Gasteiger partial charge in [0.25, 0.3) is 0 Å². The minimum Gasteiger partial charge on any atom is -0.298 e. The number of nitrogens with zero attached hydrogens (tertiary/aromatic N) is 2. The second-order valence-corrected chi connectivity index (χ2v) is 3.90. The molecular formula is C11H16N2O. The second-order valence-electron chi connectivity index (χ2n) is 3.90. The molecule has 1 aromatic rings. The maximum absolute atomic E-state index is 10.9. The van der Waals surface area contributed by atoms with Gasteiger partial charge in [-0.2, -0.15) is 5.10 Å². The smallest absolute Gasteiger partial charge is 0.153 e. The highest BCUT2D eigenvalue weighted by molar-refractivity contribution is 5.76. The molecule has 0 unspecified atom stereocenters. The summed E-state index contributed by atoms with van der Waals surface area (Å²) in [7, 11) is 0. The van der Waals surface area contributed by atoms with Gasteiger partial charge in [-0.1, -0.05) is 12.8 Å². The fourth-order valence-electron chi connectivity index (χ4n) is 2.40. The molecule has 0 bridgehead atoms. The van der Waals surface area contributed by atoms with E-state index in [1.54, 1.807) is 6.20 Å². The monoisotopic (exact) mass is 192 g/mol. The molecule has 0 spiro atoms. The number of carbonyl (C=O) groups is 1. The van der Waals surface area contributed by atoms with Crippen LogP contribution in [0, 0.1) is 0 Å². The van der Waals surface area contributed by atoms with Crippen LogP contribution in [0.25, 0.3) is 0 Å². The quantitative estimate of drug-likeness (QED) is 0.689. The number of aldehydes is 1. The first-order chi connectivity index (χ1) is 6.86. The molecule has 1 aliphatic carbocycles. The first kappa shape index (κ1) is 9.44. The van der Waals surface area contributed by atoms with Crippen molar-refractivity contribution in [1.29, 1.82) is 0 Å². The lowest BCUT2D eigenvalue weighted by atomic mass is 10.0. The number of aromatic nitrogens is 2. The van der Waals surface area contributed by atoms with Crippen molar-refractivity contribution in [3.05, 3.63) is 17.5 Å². The number of rotatable bonds is 3. The van der Waals surface area contributed by atoms with E-state index < -0.39 is 0 Å². The molecule has 1 fully saturated rings. The van der Waals surface area contributed by atoms with E-state index in [0.29, 0.717) is 5.92 Å². The molecule has 0 aliphatic heterocycles. The molecule has 14 heavy (non-hydrogen) atoms. The molecule has 0 saturated heterocycles. The lowest BCUT2D eigenvalue weighted by molar-refractivity contribution is 0.112. The Balaban J connectivity index is 2.36. The van der Waals surface area contributed by atoms with E-state index in [9.17, 15) is 4.79 Å². The summed E-state index contributed by atoms with van der Waals surface area (Å²) < 4.78 is 1.97. The fourth-order valence-corrected chi connectivity index (χ4v) is 2.40. The van der Waals surface area contributed by atoms with Gasteiger partial charge in [0.1, 0.15) is 0 Å². The van der Waals surface area contributed by atoms with Gasteiger partial charge in [-0.05, 0) is 19.8 Å². The SMILES string of the molecule is CCn1ncc(C=O)c1C1CCCC1. The van der Waals surface area contributed by atoms with Gasteiger partial charge in [0.15, 0.2) is 6.29 Å². The topological polar surface area (TPSA) is 34.9 Å². The molecule has 1 saturated carbocycles. The van der Waals surface area contributed by atoms with Gasteiger partial charge >= 0.3 is 0 Å². The Hall–Kier alpha value is -1.12. The van der Waals surface area contributed by atoms with Crippen molar-refractivity contribution in [3.63, 3.8) is 0 Å². The molecule has 1 aliphatic rings. The van der Waals surface area contributed by atoms with E-state index in [2.05, 4.69) is 12.0 Å². The summed E-state index contributed by atoms with van der Waals surface area (Å²) in [6.07, 6.45) is 7.64. The lowest BCUT2D eigenvalue weighted by Crippen LogP contribution is -2.07. The number of aryl methyl sites for hydroxylation is 1. The van der Waals surface area contributed by atoms with Crippen LogP contribution in [0.2, 0.25) is 0 Å². The summed E-state index contributed by atoms with van der Waals surface area (Å²) in [4.78, 5) is 10.9. The Bertz CT molecular complexity index is 324. The molecule has 3 heteroatoms. The molecule has 0 atom stereocenters. The normalized spacial score (nSPS) is 17.5. The number of carbonyl (C=O) groups excluding carboxylic acids is 1. The zero-order valence-electron chi connectivity index (χ0n) is 8.57. The van der Waals surface area contributed by atoms with E-state index in [0.717, 1.165) is 18.4 Å². The van der Waals surface area contributed by atoms with Gasteiger partial charge in [-0.15, -0.1) is 0 Å². The standard InChI is InChI=1S/C11H16N2O/c1-2-13-11(9-5-3-4-6-9)10(8-14)7-12-13/h7-9H,2-6H2,1H3. The van der Waals surface area contributed by atoms with E-state index in [1.807, 2.05) is 4.68 Å². The maximum atomic E-state index is 10.9. The van der Waals surface area contributed by atoms with Crippen LogP contribution >= 0.6 is 0 Å². The van der Waals surface area contributed by atoms with Gasteiger partial charge in [0, 0.05) is 12.5 Å². The minimum absolute atomic E-state index is 0.567. The maximum Gasteiger partial charge on any atom is 0.153 e. The largest absolute Gasteiger partial charge is 0.298 e. The Morgan fingerprint density at radius 2 is 2.29 bits per heavy atom. The zero-order chi connectivity index (χ0) is 9.97. The summed E-state index contributed by atoms with van der Waals surface area (Å²) in [6.45, 7) is 2.93. The molecule has 2 rings (SSSR count). The molecule has 0 amide bonds. The highest BCUT2D eigenvalue weighted by Crippen LogP contribution is 2.35. The third-order valence-corrected chi connectivity index (χ3v) is 3.08. The molecule has 0 N–H and O–H groups in total. The van der Waals surface area contributed by atoms with Crippen LogP contribution < -0.4 is 0 Å². The number of hydrogen-bond donors (Lipinski definition) is 0. The van der Waals surface area contributed by atoms with Crippen molar-refractivity contribution in [1.82, 2.24) is 9.78 Å². The molecular weight excluding hydrogens is 176 g/mol. The molecule has 1 heterocycles. The van der Waals surface area contributed by atoms with Crippen LogP contribution in [0.4, 0.5) is 0 Å². The van der Waals surface area contributed by atoms with Crippen molar-refractivity contribution in [2.24, 2.45) is 0 Å². The van der Waals surface area contributed by atoms with E-state index in [1.165, 1.54) is 31.4 Å². The van der Waals surface area contributed by atoms with E-state index in [4.69, 9.17) is 0 Å². The van der Waals surface area contributed by atoms with Crippen LogP contribution in [0.5, 0.6) is 0 Å². The van der Waals surface area contributed by atoms with Crippen LogP contribution in [0.15, 0.2) is 6.20 Å². The Morgan fingerprint density at radius 3 is 2.86 bits per heavy atom. The zero-order valence-corrected chi connectivity index (χ0v) is 8.57. The Kier molecular flexibility index (Phi) is 2.66. The van der Waals surface area contributed by atoms with Crippen molar-refractivity contribution in [3.8, 4) is 0 Å². The lowest BCUT2D eigenvalue weighted by Gasteiger charge is -2.12. The van der Waals surface area contributed by atoms with Crippen molar-refractivity contribution in [2.75, 3.05) is 0 Å². The summed E-state index contributed by atoms with van der Waals surface area (Å²) in [5.74, 6) is 0.567. The third-order valence-electron chi connectivity index (χ3n) is 3.08. The Morgan fingerprint density at radius 1 is 1.57 bits per heavy atom. The Labute approximate surface area is 84.1 Å². The van der Waals surface area contributed by atoms with E-state index in [-0.39, 0.29) is 0 Å². The van der Waals surface area contributed by atoms with Crippen molar-refractivity contribution in [2.45, 2.75) is 45.1 Å². The van der Waals surface area contributed by atoms with Crippen molar-refractivity contribution < 1.29 is 4.79 Å². The summed E-state index contributed by atoms with van der Waals surface area (Å²) in [6, 6.07) is 0. The summed E-state index contributed by atoms with van der Waals surface area (Å²) in [5.41, 5.74) is 1.96. The molecule has 1 aromatic heterocycles. The predicted molar refractivity (Wildman–Crippen MR) is 54.5 cm³/mol. The first-order valence-corrected chi connectivity index (χ1v) is 5.37. The summed E-state index contributed by atoms with van der Waals surface area (Å²) >= 11 is 0. The van der Waals surface area contributed by atoms with Gasteiger partial charge < -0.3 is 0 Å². The highest BCUT2D eigenvalue weighted by Gasteiger charge is 2.23. The molecule has 0 aromatic carbocycles. The molecule has 76 valence electrons. The molecule has 3 nitrogen and oxygen atoms in total. The average Bonchev–Trinajstić information content (AvgIpc) is 2.85. The van der Waals surface area contributed by atoms with Crippen LogP contribution in [0.3, 0.4) is 0 Å². The predicted octanol–water partition coefficient (Wildman–Crippen LogP) is 2.37. The fraction of sp³-hybridized carbons (Fsp3) is 0.636. The highest BCUT2D eigenvalue weighted by atomic mass is 16.1. The van der Waals surface area contributed by atoms with Crippen LogP contribution in [0.1, 0.15) is 54.6 Å². The van der Waals surface area contributed by atoms with Crippen LogP contribution in [-0.2, 0) is 6.54 Å². The van der Waals surface area contributed by atoms with Gasteiger partial charge in [-0.25, -0.2) is 0 Å². The van der Waals surface area contributed by atoms with Crippen molar-refractivity contribution >= 4 is 6.29 Å². The average molecular weight is 192 g/mol. The van der Waals surface area contributed by atoms with Gasteiger partial charge in [0.2, 0.25) is 0 Å². The first-order valence-electron chi connectivity index (χ1n) is 5.37. The van der Waals surface area contributed by atoms with Crippen LogP contribution in [-0.4, -0.2) is 16.1 Å². The minimum atomic E-state index is 0.567. The van der Waals surface area contributed by atoms with Gasteiger partial charge in [0.05, 0.1) is 17.5 Å². The van der Waals surface area contributed by atoms with Gasteiger partial charge in [-0.3, -0.25) is 9.48 Å². The molecule has 0 radical (unpaired) electrons. The van der Waals surface area contributed by atoms with E-state index >= 15 is 0 Å². The number of hydrogen-bond acceptors (Lipinski definition) is 2. The third kappa shape index (κ3) is 1.47.